The predicted octanol–water partition coefficient (Wildman–Crippen LogP) is 0.125. The molecule has 1 aliphatic carbocycles. The van der Waals surface area contributed by atoms with Gasteiger partial charge >= 0.3 is 0 Å². The van der Waals surface area contributed by atoms with Crippen molar-refractivity contribution in [3.63, 3.8) is 0 Å². The summed E-state index contributed by atoms with van der Waals surface area (Å²) in [5.74, 6) is 0. The number of aliphatic hydroxyl groups excluding tert-OH is 1. The van der Waals surface area contributed by atoms with Gasteiger partial charge in [-0.2, -0.15) is 0 Å². The third kappa shape index (κ3) is 4.21. The summed E-state index contributed by atoms with van der Waals surface area (Å²) in [5, 5.41) is 13.0. The van der Waals surface area contributed by atoms with E-state index in [0.717, 1.165) is 19.6 Å². The molecule has 2 unspecified atom stereocenters. The summed E-state index contributed by atoms with van der Waals surface area (Å²) < 4.78 is 0. The Bertz CT molecular complexity index is 233. The zero-order valence-electron chi connectivity index (χ0n) is 11.2. The Morgan fingerprint density at radius 3 is 2.76 bits per heavy atom. The van der Waals surface area contributed by atoms with Gasteiger partial charge in [0.25, 0.3) is 0 Å². The Morgan fingerprint density at radius 2 is 2.12 bits per heavy atom. The fourth-order valence-electron chi connectivity index (χ4n) is 2.72. The van der Waals surface area contributed by atoms with Crippen LogP contribution in [-0.4, -0.2) is 72.9 Å². The molecule has 2 atom stereocenters. The van der Waals surface area contributed by atoms with Crippen LogP contribution in [0.1, 0.15) is 26.2 Å². The highest BCUT2D eigenvalue weighted by atomic mass is 16.3. The van der Waals surface area contributed by atoms with Gasteiger partial charge in [-0.05, 0) is 46.3 Å². The fraction of sp³-hybridized carbons (Fsp3) is 1.00. The molecular formula is C13H27N3O. The summed E-state index contributed by atoms with van der Waals surface area (Å²) in [6.07, 6.45) is 3.81. The Balaban J connectivity index is 1.81. The van der Waals surface area contributed by atoms with Crippen LogP contribution in [0.4, 0.5) is 0 Å². The van der Waals surface area contributed by atoms with Crippen LogP contribution in [0.15, 0.2) is 0 Å². The number of nitrogens with zero attached hydrogens (tertiary/aromatic N) is 2. The van der Waals surface area contributed by atoms with E-state index in [0.29, 0.717) is 12.1 Å². The first kappa shape index (κ1) is 13.3. The van der Waals surface area contributed by atoms with Crippen LogP contribution in [0.2, 0.25) is 0 Å². The van der Waals surface area contributed by atoms with Crippen molar-refractivity contribution in [1.82, 2.24) is 15.1 Å². The minimum atomic E-state index is 0.258. The van der Waals surface area contributed by atoms with E-state index >= 15 is 0 Å². The molecular weight excluding hydrogens is 214 g/mol. The number of rotatable bonds is 5. The van der Waals surface area contributed by atoms with Crippen LogP contribution in [0.25, 0.3) is 0 Å². The lowest BCUT2D eigenvalue weighted by molar-refractivity contribution is 0.149. The predicted molar refractivity (Wildman–Crippen MR) is 70.2 cm³/mol. The molecule has 0 amide bonds. The van der Waals surface area contributed by atoms with E-state index in [1.54, 1.807) is 0 Å². The number of hydrogen-bond donors (Lipinski definition) is 2. The Hall–Kier alpha value is -0.160. The minimum absolute atomic E-state index is 0.258. The summed E-state index contributed by atoms with van der Waals surface area (Å²) >= 11 is 0. The van der Waals surface area contributed by atoms with Gasteiger partial charge in [0.1, 0.15) is 0 Å². The second kappa shape index (κ2) is 6.14. The molecule has 4 nitrogen and oxygen atoms in total. The molecule has 0 aromatic rings. The van der Waals surface area contributed by atoms with Crippen molar-refractivity contribution in [2.24, 2.45) is 0 Å². The normalized spacial score (nSPS) is 30.2. The first-order chi connectivity index (χ1) is 8.19. The van der Waals surface area contributed by atoms with Crippen molar-refractivity contribution in [2.75, 3.05) is 39.8 Å². The summed E-state index contributed by atoms with van der Waals surface area (Å²) in [7, 11) is 2.20. The van der Waals surface area contributed by atoms with Crippen molar-refractivity contribution in [3.05, 3.63) is 0 Å². The standard InChI is InChI=1S/C13H27N3O/c1-11-8-15(2)6-3-7-16(11)9-13(10-17)14-12-4-5-12/h11-14,17H,3-10H2,1-2H3. The quantitative estimate of drug-likeness (QED) is 0.717. The van der Waals surface area contributed by atoms with Crippen LogP contribution in [0.3, 0.4) is 0 Å². The van der Waals surface area contributed by atoms with E-state index in [1.165, 1.54) is 25.8 Å². The number of aliphatic hydroxyl groups is 1. The molecule has 1 saturated carbocycles. The van der Waals surface area contributed by atoms with E-state index in [9.17, 15) is 5.11 Å². The second-order valence-electron chi connectivity index (χ2n) is 5.78. The molecule has 1 aliphatic heterocycles. The summed E-state index contributed by atoms with van der Waals surface area (Å²) in [6, 6.07) is 1.53. The van der Waals surface area contributed by atoms with E-state index in [-0.39, 0.29) is 12.6 Å². The average molecular weight is 241 g/mol. The highest BCUT2D eigenvalue weighted by Crippen LogP contribution is 2.20. The zero-order valence-corrected chi connectivity index (χ0v) is 11.2. The third-order valence-electron chi connectivity index (χ3n) is 3.91. The molecule has 1 saturated heterocycles. The summed E-state index contributed by atoms with van der Waals surface area (Å²) in [5.41, 5.74) is 0. The first-order valence-corrected chi connectivity index (χ1v) is 6.98. The van der Waals surface area contributed by atoms with Gasteiger partial charge in [0, 0.05) is 31.2 Å². The fourth-order valence-corrected chi connectivity index (χ4v) is 2.72. The van der Waals surface area contributed by atoms with Crippen molar-refractivity contribution >= 4 is 0 Å². The van der Waals surface area contributed by atoms with Crippen molar-refractivity contribution < 1.29 is 5.11 Å². The summed E-state index contributed by atoms with van der Waals surface area (Å²) in [6.45, 7) is 7.04. The maximum atomic E-state index is 9.44. The molecule has 4 heteroatoms. The molecule has 17 heavy (non-hydrogen) atoms. The lowest BCUT2D eigenvalue weighted by Gasteiger charge is -2.31. The SMILES string of the molecule is CC1CN(C)CCCN1CC(CO)NC1CC1. The highest BCUT2D eigenvalue weighted by Gasteiger charge is 2.27. The molecule has 1 heterocycles. The molecule has 0 aromatic carbocycles. The highest BCUT2D eigenvalue weighted by molar-refractivity contribution is 4.87. The maximum Gasteiger partial charge on any atom is 0.0597 e. The van der Waals surface area contributed by atoms with Crippen molar-refractivity contribution in [2.45, 2.75) is 44.3 Å². The third-order valence-corrected chi connectivity index (χ3v) is 3.91. The van der Waals surface area contributed by atoms with Crippen LogP contribution >= 0.6 is 0 Å². The van der Waals surface area contributed by atoms with Gasteiger partial charge in [-0.25, -0.2) is 0 Å². The molecule has 100 valence electrons. The number of likely N-dealkylation sites (N-methyl/N-ethyl adjacent to an activating group) is 1. The molecule has 0 bridgehead atoms. The first-order valence-electron chi connectivity index (χ1n) is 6.98. The second-order valence-corrected chi connectivity index (χ2v) is 5.78. The van der Waals surface area contributed by atoms with Gasteiger partial charge < -0.3 is 15.3 Å². The topological polar surface area (TPSA) is 38.7 Å². The molecule has 2 rings (SSSR count). The molecule has 0 aromatic heterocycles. The van der Waals surface area contributed by atoms with Gasteiger partial charge in [-0.1, -0.05) is 0 Å². The van der Waals surface area contributed by atoms with Crippen LogP contribution in [0, 0.1) is 0 Å². The van der Waals surface area contributed by atoms with E-state index in [2.05, 4.69) is 29.1 Å². The monoisotopic (exact) mass is 241 g/mol. The lowest BCUT2D eigenvalue weighted by Crippen LogP contribution is -2.48. The largest absolute Gasteiger partial charge is 0.395 e. The van der Waals surface area contributed by atoms with Gasteiger partial charge in [0.2, 0.25) is 0 Å². The van der Waals surface area contributed by atoms with Gasteiger partial charge in [0.05, 0.1) is 6.61 Å². The van der Waals surface area contributed by atoms with Gasteiger partial charge in [-0.15, -0.1) is 0 Å². The zero-order chi connectivity index (χ0) is 12.3. The molecule has 0 radical (unpaired) electrons. The van der Waals surface area contributed by atoms with Crippen molar-refractivity contribution in [3.8, 4) is 0 Å². The van der Waals surface area contributed by atoms with Crippen LogP contribution in [0.5, 0.6) is 0 Å². The van der Waals surface area contributed by atoms with E-state index in [1.807, 2.05) is 0 Å². The minimum Gasteiger partial charge on any atom is -0.395 e. The van der Waals surface area contributed by atoms with Gasteiger partial charge in [-0.3, -0.25) is 4.90 Å². The Morgan fingerprint density at radius 1 is 1.35 bits per heavy atom. The molecule has 2 N–H and O–H groups in total. The average Bonchev–Trinajstić information content (AvgIpc) is 3.09. The lowest BCUT2D eigenvalue weighted by atomic mass is 10.2. The molecule has 2 aliphatic rings. The van der Waals surface area contributed by atoms with Crippen LogP contribution in [-0.2, 0) is 0 Å². The van der Waals surface area contributed by atoms with Gasteiger partial charge in [0.15, 0.2) is 0 Å². The number of hydrogen-bond acceptors (Lipinski definition) is 4. The van der Waals surface area contributed by atoms with Crippen molar-refractivity contribution in [1.29, 1.82) is 0 Å². The Labute approximate surface area is 105 Å². The van der Waals surface area contributed by atoms with E-state index in [4.69, 9.17) is 0 Å². The molecule has 2 fully saturated rings. The Kier molecular flexibility index (Phi) is 4.79. The summed E-state index contributed by atoms with van der Waals surface area (Å²) in [4.78, 5) is 4.94. The maximum absolute atomic E-state index is 9.44. The van der Waals surface area contributed by atoms with E-state index < -0.39 is 0 Å². The number of nitrogens with one attached hydrogen (secondary N) is 1. The smallest absolute Gasteiger partial charge is 0.0597 e. The molecule has 0 spiro atoms. The van der Waals surface area contributed by atoms with Crippen LogP contribution < -0.4 is 5.32 Å².